The molecule has 0 fully saturated rings. The van der Waals surface area contributed by atoms with Crippen molar-refractivity contribution in [3.05, 3.63) is 0 Å². The van der Waals surface area contributed by atoms with Crippen LogP contribution in [0.3, 0.4) is 0 Å². The Kier molecular flexibility index (Phi) is 17.3. The van der Waals surface area contributed by atoms with E-state index in [0.29, 0.717) is 5.54 Å². The maximum atomic E-state index is 2.74. The molecule has 1 nitrogen and oxygen atoms in total. The largest absolute Gasteiger partial charge is 0.298 e. The summed E-state index contributed by atoms with van der Waals surface area (Å²) in [5.41, 5.74) is 0.388. The Bertz CT molecular complexity index is 259. The molecule has 152 valence electrons. The summed E-state index contributed by atoms with van der Waals surface area (Å²) in [6.45, 7) is 14.4. The van der Waals surface area contributed by atoms with Crippen molar-refractivity contribution in [1.29, 1.82) is 0 Å². The topological polar surface area (TPSA) is 3.24 Å². The van der Waals surface area contributed by atoms with Gasteiger partial charge in [-0.15, -0.1) is 0 Å². The molecule has 0 aliphatic carbocycles. The van der Waals surface area contributed by atoms with Gasteiger partial charge in [-0.3, -0.25) is 4.90 Å². The van der Waals surface area contributed by atoms with E-state index in [1.54, 1.807) is 0 Å². The monoisotopic (exact) mass is 353 g/mol. The van der Waals surface area contributed by atoms with Gasteiger partial charge in [0.15, 0.2) is 0 Å². The quantitative estimate of drug-likeness (QED) is 0.211. The highest BCUT2D eigenvalue weighted by Gasteiger charge is 2.24. The van der Waals surface area contributed by atoms with Crippen LogP contribution < -0.4 is 0 Å². The lowest BCUT2D eigenvalue weighted by atomic mass is 9.93. The van der Waals surface area contributed by atoms with Crippen LogP contribution in [0.2, 0.25) is 0 Å². The van der Waals surface area contributed by atoms with E-state index in [1.165, 1.54) is 116 Å². The zero-order valence-electron chi connectivity index (χ0n) is 18.7. The van der Waals surface area contributed by atoms with E-state index >= 15 is 0 Å². The molecule has 0 spiro atoms. The van der Waals surface area contributed by atoms with E-state index in [1.807, 2.05) is 0 Å². The van der Waals surface area contributed by atoms with Crippen LogP contribution in [0.5, 0.6) is 0 Å². The molecule has 0 heterocycles. The van der Waals surface area contributed by atoms with Crippen molar-refractivity contribution in [3.8, 4) is 0 Å². The summed E-state index contributed by atoms with van der Waals surface area (Å²) in [5.74, 6) is 0. The molecular weight excluding hydrogens is 302 g/mol. The van der Waals surface area contributed by atoms with Crippen molar-refractivity contribution >= 4 is 0 Å². The predicted octanol–water partition coefficient (Wildman–Crippen LogP) is 8.37. The van der Waals surface area contributed by atoms with Crippen LogP contribution in [0.1, 0.15) is 137 Å². The number of nitrogens with zero attached hydrogens (tertiary/aromatic N) is 1. The van der Waals surface area contributed by atoms with Crippen molar-refractivity contribution in [2.75, 3.05) is 13.1 Å². The van der Waals surface area contributed by atoms with Gasteiger partial charge >= 0.3 is 0 Å². The molecular formula is C24H51N. The minimum absolute atomic E-state index is 0.388. The lowest BCUT2D eigenvalue weighted by molar-refractivity contribution is 0.112. The highest BCUT2D eigenvalue weighted by Crippen LogP contribution is 2.23. The summed E-state index contributed by atoms with van der Waals surface area (Å²) in [5, 5.41) is 0. The van der Waals surface area contributed by atoms with Gasteiger partial charge in [0.2, 0.25) is 0 Å². The zero-order valence-corrected chi connectivity index (χ0v) is 18.7. The first-order chi connectivity index (χ1) is 12.1. The number of hydrogen-bond acceptors (Lipinski definition) is 1. The van der Waals surface area contributed by atoms with E-state index in [9.17, 15) is 0 Å². The molecule has 0 rings (SSSR count). The second-order valence-corrected chi connectivity index (χ2v) is 8.74. The third-order valence-corrected chi connectivity index (χ3v) is 5.91. The molecule has 0 unspecified atom stereocenters. The fourth-order valence-electron chi connectivity index (χ4n) is 4.00. The zero-order chi connectivity index (χ0) is 18.8. The number of rotatable bonds is 19. The molecule has 0 aromatic carbocycles. The van der Waals surface area contributed by atoms with E-state index in [0.717, 1.165) is 0 Å². The molecule has 0 saturated heterocycles. The van der Waals surface area contributed by atoms with Gasteiger partial charge in [0.1, 0.15) is 0 Å². The second kappa shape index (κ2) is 17.4. The molecule has 1 heteroatoms. The molecule has 0 saturated carbocycles. The van der Waals surface area contributed by atoms with Crippen molar-refractivity contribution < 1.29 is 0 Å². The molecule has 0 radical (unpaired) electrons. The van der Waals surface area contributed by atoms with Gasteiger partial charge in [-0.25, -0.2) is 0 Å². The van der Waals surface area contributed by atoms with Gasteiger partial charge < -0.3 is 0 Å². The van der Waals surface area contributed by atoms with Gasteiger partial charge in [0.25, 0.3) is 0 Å². The Hall–Kier alpha value is -0.0400. The minimum Gasteiger partial charge on any atom is -0.298 e. The molecule has 0 aromatic rings. The van der Waals surface area contributed by atoms with E-state index in [4.69, 9.17) is 0 Å². The lowest BCUT2D eigenvalue weighted by Crippen LogP contribution is -2.44. The molecule has 0 N–H and O–H groups in total. The Morgan fingerprint density at radius 1 is 0.520 bits per heavy atom. The minimum atomic E-state index is 0.388. The summed E-state index contributed by atoms with van der Waals surface area (Å²) >= 11 is 0. The fourth-order valence-corrected chi connectivity index (χ4v) is 4.00. The molecule has 0 amide bonds. The van der Waals surface area contributed by atoms with Crippen molar-refractivity contribution in [3.63, 3.8) is 0 Å². The average Bonchev–Trinajstić information content (AvgIpc) is 2.59. The Labute approximate surface area is 161 Å². The van der Waals surface area contributed by atoms with Crippen LogP contribution in [-0.4, -0.2) is 23.5 Å². The molecule has 0 aliphatic heterocycles. The van der Waals surface area contributed by atoms with Gasteiger partial charge in [-0.2, -0.15) is 0 Å². The van der Waals surface area contributed by atoms with Gasteiger partial charge in [-0.1, -0.05) is 111 Å². The van der Waals surface area contributed by atoms with E-state index < -0.39 is 0 Å². The van der Waals surface area contributed by atoms with Crippen molar-refractivity contribution in [1.82, 2.24) is 4.90 Å². The summed E-state index contributed by atoms with van der Waals surface area (Å²) in [6, 6.07) is 0. The highest BCUT2D eigenvalue weighted by atomic mass is 15.2. The average molecular weight is 354 g/mol. The highest BCUT2D eigenvalue weighted by molar-refractivity contribution is 4.80. The van der Waals surface area contributed by atoms with Crippen LogP contribution in [0, 0.1) is 0 Å². The number of unbranched alkanes of at least 4 members (excludes halogenated alkanes) is 13. The van der Waals surface area contributed by atoms with Crippen molar-refractivity contribution in [2.24, 2.45) is 0 Å². The third-order valence-electron chi connectivity index (χ3n) is 5.91. The molecule has 25 heavy (non-hydrogen) atoms. The van der Waals surface area contributed by atoms with Crippen LogP contribution in [-0.2, 0) is 0 Å². The second-order valence-electron chi connectivity index (χ2n) is 8.74. The van der Waals surface area contributed by atoms with E-state index in [2.05, 4.69) is 39.5 Å². The fraction of sp³-hybridized carbons (Fsp3) is 1.00. The maximum absolute atomic E-state index is 2.74. The maximum Gasteiger partial charge on any atom is 0.0153 e. The van der Waals surface area contributed by atoms with Gasteiger partial charge in [0, 0.05) is 5.54 Å². The van der Waals surface area contributed by atoms with Crippen LogP contribution >= 0.6 is 0 Å². The molecule has 0 aromatic heterocycles. The molecule has 0 bridgehead atoms. The summed E-state index contributed by atoms with van der Waals surface area (Å²) in [6.07, 6.45) is 22.7. The molecule has 0 aliphatic rings. The van der Waals surface area contributed by atoms with Crippen LogP contribution in [0.4, 0.5) is 0 Å². The summed E-state index contributed by atoms with van der Waals surface area (Å²) < 4.78 is 0. The third kappa shape index (κ3) is 14.8. The van der Waals surface area contributed by atoms with Crippen molar-refractivity contribution in [2.45, 2.75) is 143 Å². The summed E-state index contributed by atoms with van der Waals surface area (Å²) in [4.78, 5) is 2.74. The Balaban J connectivity index is 3.74. The Morgan fingerprint density at radius 2 is 0.920 bits per heavy atom. The molecule has 0 atom stereocenters. The normalized spacial score (nSPS) is 12.2. The van der Waals surface area contributed by atoms with Gasteiger partial charge in [0.05, 0.1) is 0 Å². The first-order valence-electron chi connectivity index (χ1n) is 11.8. The number of hydrogen-bond donors (Lipinski definition) is 0. The predicted molar refractivity (Wildman–Crippen MR) is 117 cm³/mol. The first-order valence-corrected chi connectivity index (χ1v) is 11.8. The standard InChI is InChI=1S/C24H51N/c1-6-9-11-13-15-17-19-21-23-25(8-3)24(4,5)22-20-18-16-14-12-10-7-2/h6-23H2,1-5H3. The van der Waals surface area contributed by atoms with Crippen LogP contribution in [0.15, 0.2) is 0 Å². The SMILES string of the molecule is CCCCCCCCCCN(CC)C(C)(C)CCCCCCCCC. The smallest absolute Gasteiger partial charge is 0.0153 e. The van der Waals surface area contributed by atoms with Gasteiger partial charge in [-0.05, 0) is 39.8 Å². The first kappa shape index (κ1) is 25.0. The summed E-state index contributed by atoms with van der Waals surface area (Å²) in [7, 11) is 0. The lowest BCUT2D eigenvalue weighted by Gasteiger charge is -2.38. The Morgan fingerprint density at radius 3 is 1.36 bits per heavy atom. The van der Waals surface area contributed by atoms with Crippen LogP contribution in [0.25, 0.3) is 0 Å². The van der Waals surface area contributed by atoms with E-state index in [-0.39, 0.29) is 0 Å².